The third-order valence-corrected chi connectivity index (χ3v) is 5.61. The smallest absolute Gasteiger partial charge is 0.229 e. The molecule has 0 spiro atoms. The first-order valence-electron chi connectivity index (χ1n) is 8.70. The highest BCUT2D eigenvalue weighted by molar-refractivity contribution is 7.92. The van der Waals surface area contributed by atoms with Gasteiger partial charge in [0.05, 0.1) is 24.5 Å². The summed E-state index contributed by atoms with van der Waals surface area (Å²) in [6.07, 6.45) is 3.08. The normalized spacial score (nSPS) is 22.0. The van der Waals surface area contributed by atoms with Gasteiger partial charge in [0.25, 0.3) is 0 Å². The summed E-state index contributed by atoms with van der Waals surface area (Å²) in [5, 5.41) is 0. The molecule has 8 heteroatoms. The second kappa shape index (κ2) is 6.19. The number of fused-ring (bicyclic) bond motifs is 1. The Hall–Kier alpha value is -2.22. The van der Waals surface area contributed by atoms with Gasteiger partial charge >= 0.3 is 0 Å². The maximum Gasteiger partial charge on any atom is 0.229 e. The number of aryl methyl sites for hydroxylation is 1. The quantitative estimate of drug-likeness (QED) is 0.888. The fraction of sp³-hybridized carbons (Fsp3) is 0.444. The molecule has 1 aliphatic heterocycles. The summed E-state index contributed by atoms with van der Waals surface area (Å²) in [5.74, 6) is 0.559. The van der Waals surface area contributed by atoms with Gasteiger partial charge in [-0.3, -0.25) is 4.72 Å². The molecule has 26 heavy (non-hydrogen) atoms. The summed E-state index contributed by atoms with van der Waals surface area (Å²) in [6, 6.07) is 6.98. The van der Waals surface area contributed by atoms with Crippen LogP contribution in [0.15, 0.2) is 24.3 Å². The van der Waals surface area contributed by atoms with Crippen molar-refractivity contribution in [3.63, 3.8) is 0 Å². The molecule has 0 amide bonds. The number of halogens is 1. The molecule has 2 heterocycles. The zero-order valence-corrected chi connectivity index (χ0v) is 15.6. The van der Waals surface area contributed by atoms with Crippen molar-refractivity contribution in [3.8, 4) is 11.3 Å². The lowest BCUT2D eigenvalue weighted by atomic mass is 10.0. The molecule has 1 aromatic heterocycles. The summed E-state index contributed by atoms with van der Waals surface area (Å²) in [7, 11) is -3.35. The lowest BCUT2D eigenvalue weighted by Gasteiger charge is -2.42. The van der Waals surface area contributed by atoms with Gasteiger partial charge in [-0.05, 0) is 38.3 Å². The molecule has 1 fully saturated rings. The van der Waals surface area contributed by atoms with Crippen LogP contribution in [-0.2, 0) is 22.9 Å². The fourth-order valence-electron chi connectivity index (χ4n) is 3.56. The van der Waals surface area contributed by atoms with Gasteiger partial charge in [0, 0.05) is 22.5 Å². The third-order valence-electron chi connectivity index (χ3n) is 5.00. The Balaban J connectivity index is 1.77. The molecule has 2 aliphatic rings. The SMILES string of the molecule is C[C@H]1[C@H](F)CN1c1nc2c(c(-c3cccc(NS(C)(=O)=O)c3)n1)CCC2. The molecule has 1 N–H and O–H groups in total. The number of benzene rings is 1. The number of rotatable bonds is 4. The van der Waals surface area contributed by atoms with E-state index in [-0.39, 0.29) is 6.04 Å². The van der Waals surface area contributed by atoms with Crippen LogP contribution in [-0.4, -0.2) is 43.4 Å². The molecule has 0 unspecified atom stereocenters. The van der Waals surface area contributed by atoms with Gasteiger partial charge in [0.1, 0.15) is 6.17 Å². The van der Waals surface area contributed by atoms with Gasteiger partial charge in [0.2, 0.25) is 16.0 Å². The Bertz CT molecular complexity index is 964. The molecule has 1 aromatic carbocycles. The van der Waals surface area contributed by atoms with Crippen molar-refractivity contribution in [1.29, 1.82) is 0 Å². The summed E-state index contributed by atoms with van der Waals surface area (Å²) in [4.78, 5) is 11.3. The molecule has 0 radical (unpaired) electrons. The average Bonchev–Trinajstić information content (AvgIpc) is 3.05. The summed E-state index contributed by atoms with van der Waals surface area (Å²) in [6.45, 7) is 2.15. The second-order valence-corrected chi connectivity index (χ2v) is 8.76. The van der Waals surface area contributed by atoms with Crippen LogP contribution in [0.5, 0.6) is 0 Å². The highest BCUT2D eigenvalue weighted by Crippen LogP contribution is 2.35. The van der Waals surface area contributed by atoms with Crippen molar-refractivity contribution in [3.05, 3.63) is 35.5 Å². The van der Waals surface area contributed by atoms with Crippen LogP contribution in [0.3, 0.4) is 0 Å². The predicted octanol–water partition coefficient (Wildman–Crippen LogP) is 2.55. The Kier molecular flexibility index (Phi) is 4.10. The average molecular weight is 376 g/mol. The first-order valence-corrected chi connectivity index (χ1v) is 10.6. The van der Waals surface area contributed by atoms with Crippen LogP contribution < -0.4 is 9.62 Å². The largest absolute Gasteiger partial charge is 0.332 e. The van der Waals surface area contributed by atoms with E-state index in [0.717, 1.165) is 48.0 Å². The van der Waals surface area contributed by atoms with Crippen LogP contribution >= 0.6 is 0 Å². The van der Waals surface area contributed by atoms with E-state index < -0.39 is 16.2 Å². The zero-order chi connectivity index (χ0) is 18.5. The minimum Gasteiger partial charge on any atom is -0.332 e. The van der Waals surface area contributed by atoms with Crippen molar-refractivity contribution in [2.24, 2.45) is 0 Å². The molecule has 6 nitrogen and oxygen atoms in total. The minimum atomic E-state index is -3.35. The predicted molar refractivity (Wildman–Crippen MR) is 99.7 cm³/mol. The van der Waals surface area contributed by atoms with E-state index >= 15 is 0 Å². The van der Waals surface area contributed by atoms with E-state index in [0.29, 0.717) is 18.2 Å². The molecule has 1 saturated heterocycles. The summed E-state index contributed by atoms with van der Waals surface area (Å²) >= 11 is 0. The van der Waals surface area contributed by atoms with Gasteiger partial charge in [-0.1, -0.05) is 12.1 Å². The first-order chi connectivity index (χ1) is 12.3. The molecule has 0 bridgehead atoms. The van der Waals surface area contributed by atoms with Crippen LogP contribution in [0.2, 0.25) is 0 Å². The maximum atomic E-state index is 13.6. The highest BCUT2D eigenvalue weighted by Gasteiger charge is 2.38. The van der Waals surface area contributed by atoms with E-state index in [2.05, 4.69) is 9.71 Å². The van der Waals surface area contributed by atoms with Crippen molar-refractivity contribution < 1.29 is 12.8 Å². The van der Waals surface area contributed by atoms with Crippen molar-refractivity contribution in [1.82, 2.24) is 9.97 Å². The molecular formula is C18H21FN4O2S. The number of hydrogen-bond acceptors (Lipinski definition) is 5. The van der Waals surface area contributed by atoms with Crippen molar-refractivity contribution >= 4 is 21.7 Å². The van der Waals surface area contributed by atoms with E-state index in [1.165, 1.54) is 0 Å². The van der Waals surface area contributed by atoms with Gasteiger partial charge in [-0.2, -0.15) is 0 Å². The van der Waals surface area contributed by atoms with Crippen LogP contribution in [0.25, 0.3) is 11.3 Å². The van der Waals surface area contributed by atoms with Crippen LogP contribution in [0.4, 0.5) is 16.0 Å². The fourth-order valence-corrected chi connectivity index (χ4v) is 4.11. The molecule has 4 rings (SSSR count). The number of nitrogens with zero attached hydrogens (tertiary/aromatic N) is 3. The van der Waals surface area contributed by atoms with Crippen molar-refractivity contribution in [2.45, 2.75) is 38.4 Å². The Morgan fingerprint density at radius 1 is 1.27 bits per heavy atom. The molecule has 0 saturated carbocycles. The minimum absolute atomic E-state index is 0.222. The van der Waals surface area contributed by atoms with E-state index in [1.54, 1.807) is 18.2 Å². The van der Waals surface area contributed by atoms with Gasteiger partial charge in [-0.25, -0.2) is 22.8 Å². The highest BCUT2D eigenvalue weighted by atomic mass is 32.2. The van der Waals surface area contributed by atoms with Gasteiger partial charge in [0.15, 0.2) is 0 Å². The molecule has 1 aliphatic carbocycles. The summed E-state index contributed by atoms with van der Waals surface area (Å²) in [5.41, 5.74) is 4.27. The number of anilines is 2. The molecular weight excluding hydrogens is 355 g/mol. The Morgan fingerprint density at radius 3 is 2.77 bits per heavy atom. The van der Waals surface area contributed by atoms with E-state index in [1.807, 2.05) is 17.9 Å². The Morgan fingerprint density at radius 2 is 2.08 bits per heavy atom. The number of nitrogens with one attached hydrogen (secondary N) is 1. The lowest BCUT2D eigenvalue weighted by Crippen LogP contribution is -2.57. The number of hydrogen-bond donors (Lipinski definition) is 1. The van der Waals surface area contributed by atoms with Gasteiger partial charge < -0.3 is 4.90 Å². The van der Waals surface area contributed by atoms with E-state index in [9.17, 15) is 12.8 Å². The van der Waals surface area contributed by atoms with Gasteiger partial charge in [-0.15, -0.1) is 0 Å². The topological polar surface area (TPSA) is 75.2 Å². The number of alkyl halides is 1. The first kappa shape index (κ1) is 17.2. The lowest BCUT2D eigenvalue weighted by molar-refractivity contribution is 0.210. The second-order valence-electron chi connectivity index (χ2n) is 7.02. The van der Waals surface area contributed by atoms with Crippen LogP contribution in [0.1, 0.15) is 24.6 Å². The van der Waals surface area contributed by atoms with E-state index in [4.69, 9.17) is 4.98 Å². The number of sulfonamides is 1. The number of aromatic nitrogens is 2. The molecule has 2 aromatic rings. The Labute approximate surface area is 152 Å². The monoisotopic (exact) mass is 376 g/mol. The standard InChI is InChI=1S/C18H21FN4O2S/c1-11-15(19)10-23(11)18-20-16-8-4-7-14(16)17(21-18)12-5-3-6-13(9-12)22-26(2,24)25/h3,5-6,9,11,15,22H,4,7-8,10H2,1-2H3/t11-,15+/m0/s1. The maximum absolute atomic E-state index is 13.6. The summed E-state index contributed by atoms with van der Waals surface area (Å²) < 4.78 is 39.1. The molecule has 2 atom stereocenters. The van der Waals surface area contributed by atoms with Crippen molar-refractivity contribution in [2.75, 3.05) is 22.4 Å². The zero-order valence-electron chi connectivity index (χ0n) is 14.7. The molecule has 138 valence electrons. The van der Waals surface area contributed by atoms with Crippen LogP contribution in [0, 0.1) is 0 Å². The third kappa shape index (κ3) is 3.13.